The molecule has 0 amide bonds. The normalized spacial score (nSPS) is 19.9. The minimum Gasteiger partial charge on any atom is -0.508 e. The van der Waals surface area contributed by atoms with Crippen LogP contribution >= 0.6 is 0 Å². The quantitative estimate of drug-likeness (QED) is 0.796. The third-order valence-electron chi connectivity index (χ3n) is 3.06. The zero-order valence-corrected chi connectivity index (χ0v) is 8.62. The molecule has 1 aromatic rings. The van der Waals surface area contributed by atoms with E-state index in [0.717, 1.165) is 18.4 Å². The standard InChI is InChI=1S/C12H16FNO/c13-12(8-14,10-4-5-10)7-9-2-1-3-11(15)6-9/h1-3,6,10,15H,4-5,7-8,14H2. The van der Waals surface area contributed by atoms with Crippen molar-refractivity contribution in [3.63, 3.8) is 0 Å². The summed E-state index contributed by atoms with van der Waals surface area (Å²) in [4.78, 5) is 0. The predicted octanol–water partition coefficient (Wildman–Crippen LogP) is 2.01. The highest BCUT2D eigenvalue weighted by atomic mass is 19.1. The highest BCUT2D eigenvalue weighted by molar-refractivity contribution is 5.28. The van der Waals surface area contributed by atoms with Gasteiger partial charge in [-0.25, -0.2) is 4.39 Å². The second-order valence-corrected chi connectivity index (χ2v) is 4.36. The smallest absolute Gasteiger partial charge is 0.130 e. The van der Waals surface area contributed by atoms with Gasteiger partial charge in [0.25, 0.3) is 0 Å². The molecule has 15 heavy (non-hydrogen) atoms. The van der Waals surface area contributed by atoms with E-state index < -0.39 is 5.67 Å². The van der Waals surface area contributed by atoms with Crippen LogP contribution in [0.5, 0.6) is 5.75 Å². The minimum atomic E-state index is -1.28. The molecule has 1 atom stereocenters. The number of alkyl halides is 1. The zero-order valence-electron chi connectivity index (χ0n) is 8.62. The molecule has 1 aromatic carbocycles. The van der Waals surface area contributed by atoms with Crippen molar-refractivity contribution in [1.82, 2.24) is 0 Å². The second-order valence-electron chi connectivity index (χ2n) is 4.36. The molecular formula is C12H16FNO. The summed E-state index contributed by atoms with van der Waals surface area (Å²) in [7, 11) is 0. The van der Waals surface area contributed by atoms with Gasteiger partial charge in [-0.2, -0.15) is 0 Å². The number of nitrogens with two attached hydrogens (primary N) is 1. The molecule has 1 unspecified atom stereocenters. The number of rotatable bonds is 4. The monoisotopic (exact) mass is 209 g/mol. The van der Waals surface area contributed by atoms with Crippen LogP contribution in [0.2, 0.25) is 0 Å². The van der Waals surface area contributed by atoms with E-state index in [4.69, 9.17) is 5.73 Å². The van der Waals surface area contributed by atoms with E-state index in [1.165, 1.54) is 0 Å². The summed E-state index contributed by atoms with van der Waals surface area (Å²) in [5, 5.41) is 9.28. The molecule has 0 heterocycles. The van der Waals surface area contributed by atoms with Crippen LogP contribution in [0, 0.1) is 5.92 Å². The van der Waals surface area contributed by atoms with Crippen molar-refractivity contribution in [2.75, 3.05) is 6.54 Å². The van der Waals surface area contributed by atoms with Gasteiger partial charge in [0.1, 0.15) is 11.4 Å². The Morgan fingerprint density at radius 2 is 2.20 bits per heavy atom. The Bertz CT molecular complexity index is 351. The van der Waals surface area contributed by atoms with Crippen LogP contribution in [0.4, 0.5) is 4.39 Å². The Morgan fingerprint density at radius 1 is 1.47 bits per heavy atom. The maximum atomic E-state index is 14.3. The highest BCUT2D eigenvalue weighted by Gasteiger charge is 2.44. The molecule has 0 bridgehead atoms. The molecule has 82 valence electrons. The number of benzene rings is 1. The van der Waals surface area contributed by atoms with Gasteiger partial charge < -0.3 is 10.8 Å². The molecule has 0 saturated heterocycles. The summed E-state index contributed by atoms with van der Waals surface area (Å²) in [6.45, 7) is 0.0628. The number of halogens is 1. The van der Waals surface area contributed by atoms with Crippen molar-refractivity contribution >= 4 is 0 Å². The van der Waals surface area contributed by atoms with Crippen LogP contribution in [0.15, 0.2) is 24.3 Å². The first-order valence-corrected chi connectivity index (χ1v) is 5.31. The molecule has 0 aromatic heterocycles. The fourth-order valence-corrected chi connectivity index (χ4v) is 1.99. The number of hydrogen-bond donors (Lipinski definition) is 2. The summed E-state index contributed by atoms with van der Waals surface area (Å²) >= 11 is 0. The van der Waals surface area contributed by atoms with Gasteiger partial charge in [0, 0.05) is 13.0 Å². The Hall–Kier alpha value is -1.09. The van der Waals surface area contributed by atoms with E-state index in [-0.39, 0.29) is 18.2 Å². The van der Waals surface area contributed by atoms with E-state index in [9.17, 15) is 9.50 Å². The summed E-state index contributed by atoms with van der Waals surface area (Å²) < 4.78 is 14.3. The molecule has 3 N–H and O–H groups in total. The van der Waals surface area contributed by atoms with Crippen LogP contribution in [-0.4, -0.2) is 17.3 Å². The van der Waals surface area contributed by atoms with Crippen LogP contribution in [-0.2, 0) is 6.42 Å². The van der Waals surface area contributed by atoms with E-state index in [2.05, 4.69) is 0 Å². The Kier molecular flexibility index (Phi) is 2.65. The van der Waals surface area contributed by atoms with Gasteiger partial charge in [0.15, 0.2) is 0 Å². The highest BCUT2D eigenvalue weighted by Crippen LogP contribution is 2.43. The fraction of sp³-hybridized carbons (Fsp3) is 0.500. The Balaban J connectivity index is 2.12. The van der Waals surface area contributed by atoms with Crippen LogP contribution in [0.1, 0.15) is 18.4 Å². The maximum Gasteiger partial charge on any atom is 0.130 e. The Labute approximate surface area is 88.9 Å². The number of phenols is 1. The molecular weight excluding hydrogens is 193 g/mol. The number of aromatic hydroxyl groups is 1. The van der Waals surface area contributed by atoms with Gasteiger partial charge in [-0.1, -0.05) is 12.1 Å². The molecule has 0 aliphatic heterocycles. The van der Waals surface area contributed by atoms with Crippen molar-refractivity contribution in [2.45, 2.75) is 24.9 Å². The molecule has 1 fully saturated rings. The second kappa shape index (κ2) is 3.81. The molecule has 3 heteroatoms. The van der Waals surface area contributed by atoms with Gasteiger partial charge in [-0.3, -0.25) is 0 Å². The first kappa shape index (κ1) is 10.4. The summed E-state index contributed by atoms with van der Waals surface area (Å²) in [5.74, 6) is 0.299. The van der Waals surface area contributed by atoms with E-state index in [1.807, 2.05) is 6.07 Å². The van der Waals surface area contributed by atoms with Gasteiger partial charge in [-0.05, 0) is 36.5 Å². The lowest BCUT2D eigenvalue weighted by Gasteiger charge is -2.23. The van der Waals surface area contributed by atoms with Gasteiger partial charge in [0.05, 0.1) is 0 Å². The van der Waals surface area contributed by atoms with E-state index in [1.54, 1.807) is 18.2 Å². The maximum absolute atomic E-state index is 14.3. The van der Waals surface area contributed by atoms with Crippen molar-refractivity contribution in [3.05, 3.63) is 29.8 Å². The SMILES string of the molecule is NCC(F)(Cc1cccc(O)c1)C1CC1. The molecule has 1 aliphatic rings. The van der Waals surface area contributed by atoms with Crippen molar-refractivity contribution in [3.8, 4) is 5.75 Å². The van der Waals surface area contributed by atoms with E-state index in [0.29, 0.717) is 6.42 Å². The summed E-state index contributed by atoms with van der Waals surface area (Å²) in [5.41, 5.74) is 5.03. The fourth-order valence-electron chi connectivity index (χ4n) is 1.99. The molecule has 2 rings (SSSR count). The van der Waals surface area contributed by atoms with Crippen LogP contribution in [0.25, 0.3) is 0 Å². The first-order chi connectivity index (χ1) is 7.14. The van der Waals surface area contributed by atoms with E-state index >= 15 is 0 Å². The summed E-state index contributed by atoms with van der Waals surface area (Å²) in [6.07, 6.45) is 2.18. The summed E-state index contributed by atoms with van der Waals surface area (Å²) in [6, 6.07) is 6.75. The lowest BCUT2D eigenvalue weighted by atomic mass is 9.91. The first-order valence-electron chi connectivity index (χ1n) is 5.31. The van der Waals surface area contributed by atoms with Gasteiger partial charge >= 0.3 is 0 Å². The van der Waals surface area contributed by atoms with Crippen molar-refractivity contribution < 1.29 is 9.50 Å². The lowest BCUT2D eigenvalue weighted by Crippen LogP contribution is -2.37. The predicted molar refractivity (Wildman–Crippen MR) is 57.4 cm³/mol. The van der Waals surface area contributed by atoms with Gasteiger partial charge in [0.2, 0.25) is 0 Å². The number of hydrogen-bond acceptors (Lipinski definition) is 2. The average molecular weight is 209 g/mol. The Morgan fingerprint density at radius 3 is 2.73 bits per heavy atom. The average Bonchev–Trinajstić information content (AvgIpc) is 3.01. The minimum absolute atomic E-state index is 0.0628. The molecule has 0 radical (unpaired) electrons. The third-order valence-corrected chi connectivity index (χ3v) is 3.06. The molecule has 1 aliphatic carbocycles. The molecule has 2 nitrogen and oxygen atoms in total. The van der Waals surface area contributed by atoms with Crippen molar-refractivity contribution in [2.24, 2.45) is 11.7 Å². The zero-order chi connectivity index (χ0) is 10.9. The number of phenolic OH excluding ortho intramolecular Hbond substituents is 1. The van der Waals surface area contributed by atoms with Crippen LogP contribution < -0.4 is 5.73 Å². The van der Waals surface area contributed by atoms with Crippen molar-refractivity contribution in [1.29, 1.82) is 0 Å². The largest absolute Gasteiger partial charge is 0.508 e. The molecule has 0 spiro atoms. The molecule has 1 saturated carbocycles. The van der Waals surface area contributed by atoms with Gasteiger partial charge in [-0.15, -0.1) is 0 Å². The third kappa shape index (κ3) is 2.29. The topological polar surface area (TPSA) is 46.2 Å². The lowest BCUT2D eigenvalue weighted by molar-refractivity contribution is 0.142. The van der Waals surface area contributed by atoms with Crippen LogP contribution in [0.3, 0.4) is 0 Å².